The second-order valence-electron chi connectivity index (χ2n) is 9.73. The van der Waals surface area contributed by atoms with E-state index in [1.807, 2.05) is 24.3 Å². The molecule has 8 nitrogen and oxygen atoms in total. The van der Waals surface area contributed by atoms with E-state index in [1.165, 1.54) is 12.1 Å². The summed E-state index contributed by atoms with van der Waals surface area (Å²) >= 11 is 0. The highest BCUT2D eigenvalue weighted by molar-refractivity contribution is 6.24. The maximum absolute atomic E-state index is 14.0. The van der Waals surface area contributed by atoms with Crippen molar-refractivity contribution < 1.29 is 29.0 Å². The number of imide groups is 1. The third-order valence-electron chi connectivity index (χ3n) is 7.56. The number of hydrogen-bond donors (Lipinski definition) is 3. The first-order valence-electron chi connectivity index (χ1n) is 12.0. The molecule has 2 aliphatic heterocycles. The quantitative estimate of drug-likeness (QED) is 0.358. The number of anilines is 1. The number of aromatic hydroxyl groups is 1. The van der Waals surface area contributed by atoms with Crippen LogP contribution in [0.5, 0.6) is 5.75 Å². The number of rotatable bonds is 5. The summed E-state index contributed by atoms with van der Waals surface area (Å²) in [6.07, 6.45) is -0.0683. The second kappa shape index (κ2) is 8.31. The fraction of sp³-hybridized carbons (Fsp3) is 0.207. The minimum absolute atomic E-state index is 0.0448. The predicted molar refractivity (Wildman–Crippen MR) is 135 cm³/mol. The lowest BCUT2D eigenvalue weighted by atomic mass is 9.76. The van der Waals surface area contributed by atoms with Gasteiger partial charge in [0.05, 0.1) is 23.6 Å². The molecule has 4 aromatic rings. The van der Waals surface area contributed by atoms with E-state index in [1.54, 1.807) is 49.4 Å². The van der Waals surface area contributed by atoms with E-state index < -0.39 is 41.2 Å². The molecule has 6 rings (SSSR count). The third-order valence-corrected chi connectivity index (χ3v) is 7.56. The molecule has 3 N–H and O–H groups in total. The number of fused-ring (bicyclic) bond motifs is 2. The molecule has 0 saturated carbocycles. The molecule has 4 atom stereocenters. The largest absolute Gasteiger partial charge is 0.508 e. The van der Waals surface area contributed by atoms with Crippen molar-refractivity contribution in [2.75, 3.05) is 4.90 Å². The Morgan fingerprint density at radius 3 is 2.41 bits per heavy atom. The first kappa shape index (κ1) is 23.0. The number of carboxylic acids is 1. The Labute approximate surface area is 212 Å². The number of para-hydroxylation sites is 2. The van der Waals surface area contributed by atoms with Crippen molar-refractivity contribution in [3.63, 3.8) is 0 Å². The SMILES string of the molecule is Cc1ccccc1N1C(=O)C2C(c3cc4ccccc4o3)NC(Cc3ccc(O)cc3)(C(=O)O)C2C1=O. The molecule has 2 saturated heterocycles. The molecule has 0 bridgehead atoms. The summed E-state index contributed by atoms with van der Waals surface area (Å²) in [6, 6.07) is 21.5. The normalized spacial score (nSPS) is 25.1. The van der Waals surface area contributed by atoms with Crippen LogP contribution in [0.1, 0.15) is 22.9 Å². The van der Waals surface area contributed by atoms with Crippen LogP contribution in [-0.2, 0) is 20.8 Å². The number of furan rings is 1. The third kappa shape index (κ3) is 3.44. The lowest BCUT2D eigenvalue weighted by Gasteiger charge is -2.31. The van der Waals surface area contributed by atoms with Crippen LogP contribution in [0.25, 0.3) is 11.0 Å². The minimum Gasteiger partial charge on any atom is -0.508 e. The average Bonchev–Trinajstić information content (AvgIpc) is 3.53. The Morgan fingerprint density at radius 1 is 1.00 bits per heavy atom. The van der Waals surface area contributed by atoms with Crippen molar-refractivity contribution in [1.29, 1.82) is 0 Å². The molecular weight excluding hydrogens is 472 g/mol. The van der Waals surface area contributed by atoms with Gasteiger partial charge < -0.3 is 14.6 Å². The van der Waals surface area contributed by atoms with Gasteiger partial charge in [-0.3, -0.25) is 19.7 Å². The summed E-state index contributed by atoms with van der Waals surface area (Å²) in [5.74, 6) is -3.97. The number of phenolic OH excluding ortho intramolecular Hbond substituents is 1. The number of amides is 2. The van der Waals surface area contributed by atoms with Crippen molar-refractivity contribution in [2.24, 2.45) is 11.8 Å². The van der Waals surface area contributed by atoms with Crippen LogP contribution < -0.4 is 10.2 Å². The highest BCUT2D eigenvalue weighted by atomic mass is 16.4. The zero-order valence-corrected chi connectivity index (χ0v) is 19.9. The fourth-order valence-corrected chi connectivity index (χ4v) is 5.82. The van der Waals surface area contributed by atoms with Gasteiger partial charge in [0.25, 0.3) is 0 Å². The Bertz CT molecular complexity index is 1530. The van der Waals surface area contributed by atoms with Crippen LogP contribution in [0.15, 0.2) is 83.3 Å². The number of nitrogens with one attached hydrogen (secondary N) is 1. The van der Waals surface area contributed by atoms with Gasteiger partial charge in [-0.1, -0.05) is 48.5 Å². The number of aryl methyl sites for hydroxylation is 1. The average molecular weight is 497 g/mol. The highest BCUT2D eigenvalue weighted by Crippen LogP contribution is 2.51. The van der Waals surface area contributed by atoms with E-state index in [9.17, 15) is 24.6 Å². The Hall–Kier alpha value is -4.43. The lowest BCUT2D eigenvalue weighted by molar-refractivity contribution is -0.148. The van der Waals surface area contributed by atoms with Gasteiger partial charge in [-0.2, -0.15) is 0 Å². The second-order valence-corrected chi connectivity index (χ2v) is 9.73. The number of carbonyl (C=O) groups is 3. The summed E-state index contributed by atoms with van der Waals surface area (Å²) in [4.78, 5) is 42.1. The first-order chi connectivity index (χ1) is 17.8. The van der Waals surface area contributed by atoms with Gasteiger partial charge in [0, 0.05) is 11.8 Å². The van der Waals surface area contributed by atoms with Crippen molar-refractivity contribution in [3.05, 3.63) is 95.7 Å². The van der Waals surface area contributed by atoms with Crippen LogP contribution in [0.2, 0.25) is 0 Å². The number of phenols is 1. The van der Waals surface area contributed by atoms with Gasteiger partial charge in [0.15, 0.2) is 0 Å². The molecule has 0 spiro atoms. The number of nitrogens with zero attached hydrogens (tertiary/aromatic N) is 1. The molecule has 0 radical (unpaired) electrons. The van der Waals surface area contributed by atoms with Gasteiger partial charge in [0.2, 0.25) is 11.8 Å². The fourth-order valence-electron chi connectivity index (χ4n) is 5.82. The molecule has 186 valence electrons. The number of benzene rings is 3. The minimum atomic E-state index is -1.78. The molecule has 3 aromatic carbocycles. The van der Waals surface area contributed by atoms with E-state index >= 15 is 0 Å². The van der Waals surface area contributed by atoms with E-state index in [2.05, 4.69) is 5.32 Å². The monoisotopic (exact) mass is 496 g/mol. The van der Waals surface area contributed by atoms with Gasteiger partial charge >= 0.3 is 5.97 Å². The van der Waals surface area contributed by atoms with Crippen LogP contribution in [0.4, 0.5) is 5.69 Å². The Morgan fingerprint density at radius 2 is 1.70 bits per heavy atom. The molecule has 8 heteroatoms. The number of carbonyl (C=O) groups excluding carboxylic acids is 2. The lowest BCUT2D eigenvalue weighted by Crippen LogP contribution is -2.57. The van der Waals surface area contributed by atoms with Gasteiger partial charge in [0.1, 0.15) is 22.6 Å². The Balaban J connectivity index is 1.52. The molecule has 37 heavy (non-hydrogen) atoms. The highest BCUT2D eigenvalue weighted by Gasteiger charge is 2.69. The van der Waals surface area contributed by atoms with Crippen molar-refractivity contribution in [3.8, 4) is 5.75 Å². The van der Waals surface area contributed by atoms with Gasteiger partial charge in [-0.25, -0.2) is 4.90 Å². The summed E-state index contributed by atoms with van der Waals surface area (Å²) in [5, 5.41) is 24.3. The van der Waals surface area contributed by atoms with Gasteiger partial charge in [-0.05, 0) is 48.4 Å². The predicted octanol–water partition coefficient (Wildman–Crippen LogP) is 3.96. The number of aliphatic carboxylic acids is 1. The van der Waals surface area contributed by atoms with Crippen molar-refractivity contribution >= 4 is 34.4 Å². The molecule has 2 aliphatic rings. The molecule has 0 aliphatic carbocycles. The maximum atomic E-state index is 14.0. The van der Waals surface area contributed by atoms with E-state index in [0.29, 0.717) is 22.6 Å². The van der Waals surface area contributed by atoms with Crippen molar-refractivity contribution in [1.82, 2.24) is 5.32 Å². The molecule has 3 heterocycles. The maximum Gasteiger partial charge on any atom is 0.325 e. The zero-order chi connectivity index (χ0) is 25.9. The molecule has 2 amide bonds. The summed E-state index contributed by atoms with van der Waals surface area (Å²) in [7, 11) is 0. The topological polar surface area (TPSA) is 120 Å². The molecule has 2 fully saturated rings. The van der Waals surface area contributed by atoms with E-state index in [-0.39, 0.29) is 12.2 Å². The first-order valence-corrected chi connectivity index (χ1v) is 12.0. The molecule has 1 aromatic heterocycles. The van der Waals surface area contributed by atoms with E-state index in [4.69, 9.17) is 4.42 Å². The van der Waals surface area contributed by atoms with Crippen LogP contribution in [0.3, 0.4) is 0 Å². The number of hydrogen-bond acceptors (Lipinski definition) is 6. The van der Waals surface area contributed by atoms with Crippen molar-refractivity contribution in [2.45, 2.75) is 24.9 Å². The Kier molecular flexibility index (Phi) is 5.17. The summed E-state index contributed by atoms with van der Waals surface area (Å²) < 4.78 is 6.08. The van der Waals surface area contributed by atoms with Crippen LogP contribution in [0, 0.1) is 18.8 Å². The smallest absolute Gasteiger partial charge is 0.325 e. The summed E-state index contributed by atoms with van der Waals surface area (Å²) in [5.41, 5.74) is 0.604. The standard InChI is InChI=1S/C29H24N2O6/c1-16-6-2-4-8-20(16)31-26(33)23-24(27(31)34)29(28(35)36,15-17-10-12-19(32)13-11-17)30-25(23)22-14-18-7-3-5-9-21(18)37-22/h2-14,23-25,30,32H,15H2,1H3,(H,35,36). The van der Waals surface area contributed by atoms with Crippen LogP contribution in [-0.4, -0.2) is 33.5 Å². The van der Waals surface area contributed by atoms with Gasteiger partial charge in [-0.15, -0.1) is 0 Å². The van der Waals surface area contributed by atoms with Crippen LogP contribution >= 0.6 is 0 Å². The molecule has 4 unspecified atom stereocenters. The summed E-state index contributed by atoms with van der Waals surface area (Å²) in [6.45, 7) is 1.81. The molecular formula is C29H24N2O6. The zero-order valence-electron chi connectivity index (χ0n) is 19.9. The van der Waals surface area contributed by atoms with E-state index in [0.717, 1.165) is 15.8 Å². The number of carboxylic acid groups (broad SMARTS) is 1.